The molecule has 1 atom stereocenters. The van der Waals surface area contributed by atoms with Crippen molar-refractivity contribution in [3.63, 3.8) is 0 Å². The van der Waals surface area contributed by atoms with Crippen LogP contribution in [0.25, 0.3) is 0 Å². The van der Waals surface area contributed by atoms with Crippen molar-refractivity contribution in [2.45, 2.75) is 84.5 Å². The number of hydrogen-bond acceptors (Lipinski definition) is 1. The van der Waals surface area contributed by atoms with E-state index in [1.54, 1.807) is 16.7 Å². The van der Waals surface area contributed by atoms with Crippen LogP contribution in [-0.2, 0) is 4.43 Å². The maximum absolute atomic E-state index is 6.60. The Hall–Kier alpha value is -0.343. The van der Waals surface area contributed by atoms with E-state index in [1.165, 1.54) is 38.5 Å². The Labute approximate surface area is 132 Å². The smallest absolute Gasteiger partial charge is 0.184 e. The largest absolute Gasteiger partial charge is 0.408 e. The molecule has 21 heavy (non-hydrogen) atoms. The zero-order valence-corrected chi connectivity index (χ0v) is 15.8. The minimum Gasteiger partial charge on any atom is -0.408 e. The average Bonchev–Trinajstić information content (AvgIpc) is 3.01. The highest BCUT2D eigenvalue weighted by Crippen LogP contribution is 2.57. The quantitative estimate of drug-likeness (QED) is 0.592. The minimum absolute atomic E-state index is 0.142. The number of fused-ring (bicyclic) bond motifs is 1. The maximum Gasteiger partial charge on any atom is 0.184 e. The molecule has 0 saturated heterocycles. The van der Waals surface area contributed by atoms with E-state index < -0.39 is 8.32 Å². The molecular weight excluding hydrogens is 272 g/mol. The summed E-state index contributed by atoms with van der Waals surface area (Å²) in [6.07, 6.45) is 10.4. The lowest BCUT2D eigenvalue weighted by molar-refractivity contribution is 0.196. The first-order chi connectivity index (χ1) is 9.65. The van der Waals surface area contributed by atoms with Crippen LogP contribution in [0.15, 0.2) is 22.8 Å². The van der Waals surface area contributed by atoms with Gasteiger partial charge in [-0.1, -0.05) is 32.4 Å². The molecule has 0 N–H and O–H groups in total. The molecule has 0 aromatic heterocycles. The molecule has 0 spiro atoms. The third kappa shape index (κ3) is 2.82. The lowest BCUT2D eigenvalue weighted by Crippen LogP contribution is -2.36. The van der Waals surface area contributed by atoms with Gasteiger partial charge < -0.3 is 4.43 Å². The fourth-order valence-electron chi connectivity index (χ4n) is 4.40. The summed E-state index contributed by atoms with van der Waals surface area (Å²) in [4.78, 5) is 0. The van der Waals surface area contributed by atoms with E-state index in [-0.39, 0.29) is 5.60 Å². The Kier molecular flexibility index (Phi) is 3.57. The van der Waals surface area contributed by atoms with Gasteiger partial charge in [-0.25, -0.2) is 0 Å². The molecule has 0 bridgehead atoms. The molecule has 0 aromatic carbocycles. The summed E-state index contributed by atoms with van der Waals surface area (Å²) >= 11 is 0. The second-order valence-corrected chi connectivity index (χ2v) is 13.5. The molecular formula is C19H32OSi. The fraction of sp³-hybridized carbons (Fsp3) is 0.789. The van der Waals surface area contributed by atoms with Crippen LogP contribution in [-0.4, -0.2) is 13.9 Å². The van der Waals surface area contributed by atoms with E-state index in [0.29, 0.717) is 11.3 Å². The van der Waals surface area contributed by atoms with Gasteiger partial charge in [0, 0.05) is 0 Å². The van der Waals surface area contributed by atoms with E-state index in [4.69, 9.17) is 4.43 Å². The molecule has 3 rings (SSSR count). The van der Waals surface area contributed by atoms with Gasteiger partial charge in [0.2, 0.25) is 0 Å². The number of allylic oxidation sites excluding steroid dienone is 3. The SMILES string of the molecule is CC(C)C1=C2C=C(C3(O[Si](C)(C)C)CC3)CCC2(C)CC1. The van der Waals surface area contributed by atoms with Crippen molar-refractivity contribution in [1.82, 2.24) is 0 Å². The zero-order chi connectivity index (χ0) is 15.5. The molecule has 1 unspecified atom stereocenters. The number of hydrogen-bond donors (Lipinski definition) is 0. The van der Waals surface area contributed by atoms with Crippen molar-refractivity contribution < 1.29 is 4.43 Å². The van der Waals surface area contributed by atoms with Gasteiger partial charge in [0.05, 0.1) is 5.60 Å². The summed E-state index contributed by atoms with van der Waals surface area (Å²) in [6.45, 7) is 14.2. The zero-order valence-electron chi connectivity index (χ0n) is 14.8. The lowest BCUT2D eigenvalue weighted by atomic mass is 9.72. The van der Waals surface area contributed by atoms with Gasteiger partial charge in [-0.05, 0) is 80.6 Å². The summed E-state index contributed by atoms with van der Waals surface area (Å²) in [6, 6.07) is 0. The van der Waals surface area contributed by atoms with Crippen LogP contribution < -0.4 is 0 Å². The molecule has 0 aliphatic heterocycles. The van der Waals surface area contributed by atoms with Crippen molar-refractivity contribution >= 4 is 8.32 Å². The van der Waals surface area contributed by atoms with Crippen LogP contribution in [0.2, 0.25) is 19.6 Å². The lowest BCUT2D eigenvalue weighted by Gasteiger charge is -2.37. The first-order valence-corrected chi connectivity index (χ1v) is 12.2. The summed E-state index contributed by atoms with van der Waals surface area (Å²) in [7, 11) is -1.46. The number of rotatable bonds is 4. The Morgan fingerprint density at radius 3 is 2.19 bits per heavy atom. The van der Waals surface area contributed by atoms with Gasteiger partial charge in [0.25, 0.3) is 0 Å². The minimum atomic E-state index is -1.46. The Morgan fingerprint density at radius 2 is 1.67 bits per heavy atom. The molecule has 0 heterocycles. The molecule has 2 heteroatoms. The third-order valence-electron chi connectivity index (χ3n) is 5.69. The highest BCUT2D eigenvalue weighted by molar-refractivity contribution is 6.69. The van der Waals surface area contributed by atoms with Crippen molar-refractivity contribution in [3.05, 3.63) is 22.8 Å². The third-order valence-corrected chi connectivity index (χ3v) is 6.70. The predicted octanol–water partition coefficient (Wildman–Crippen LogP) is 5.84. The summed E-state index contributed by atoms with van der Waals surface area (Å²) in [5.74, 6) is 0.700. The van der Waals surface area contributed by atoms with E-state index in [0.717, 1.165) is 0 Å². The summed E-state index contributed by atoms with van der Waals surface area (Å²) in [5.41, 5.74) is 5.63. The molecule has 0 amide bonds. The average molecular weight is 305 g/mol. The van der Waals surface area contributed by atoms with E-state index >= 15 is 0 Å². The first-order valence-electron chi connectivity index (χ1n) is 8.80. The van der Waals surface area contributed by atoms with E-state index in [2.05, 4.69) is 46.5 Å². The van der Waals surface area contributed by atoms with Crippen LogP contribution >= 0.6 is 0 Å². The van der Waals surface area contributed by atoms with Gasteiger partial charge >= 0.3 is 0 Å². The van der Waals surface area contributed by atoms with Gasteiger partial charge in [0.15, 0.2) is 8.32 Å². The van der Waals surface area contributed by atoms with Crippen molar-refractivity contribution in [1.29, 1.82) is 0 Å². The van der Waals surface area contributed by atoms with Crippen molar-refractivity contribution in [2.75, 3.05) is 0 Å². The second kappa shape index (κ2) is 4.83. The molecule has 1 fully saturated rings. The predicted molar refractivity (Wildman–Crippen MR) is 92.9 cm³/mol. The summed E-state index contributed by atoms with van der Waals surface area (Å²) in [5, 5.41) is 0. The first kappa shape index (κ1) is 15.5. The van der Waals surface area contributed by atoms with Crippen LogP contribution in [0.3, 0.4) is 0 Å². The summed E-state index contributed by atoms with van der Waals surface area (Å²) < 4.78 is 6.60. The molecule has 1 nitrogen and oxygen atoms in total. The fourth-order valence-corrected chi connectivity index (χ4v) is 5.91. The normalized spacial score (nSPS) is 31.5. The van der Waals surface area contributed by atoms with E-state index in [1.807, 2.05) is 0 Å². The van der Waals surface area contributed by atoms with Crippen LogP contribution in [0.5, 0.6) is 0 Å². The topological polar surface area (TPSA) is 9.23 Å². The molecule has 3 aliphatic carbocycles. The molecule has 1 saturated carbocycles. The highest BCUT2D eigenvalue weighted by Gasteiger charge is 2.51. The standard InChI is InChI=1S/C19H32OSi/c1-14(2)16-8-10-18(3)9-7-15(13-17(16)18)19(11-12-19)20-21(4,5)6/h13-14H,7-12H2,1-6H3. The van der Waals surface area contributed by atoms with Gasteiger partial charge in [-0.3, -0.25) is 0 Å². The highest BCUT2D eigenvalue weighted by atomic mass is 28.4. The van der Waals surface area contributed by atoms with Crippen molar-refractivity contribution in [3.8, 4) is 0 Å². The Morgan fingerprint density at radius 1 is 1.05 bits per heavy atom. The van der Waals surface area contributed by atoms with Gasteiger partial charge in [-0.2, -0.15) is 0 Å². The van der Waals surface area contributed by atoms with Crippen LogP contribution in [0.1, 0.15) is 59.3 Å². The maximum atomic E-state index is 6.60. The monoisotopic (exact) mass is 304 g/mol. The molecule has 3 aliphatic rings. The van der Waals surface area contributed by atoms with Crippen LogP contribution in [0, 0.1) is 11.3 Å². The Bertz CT molecular complexity index is 502. The van der Waals surface area contributed by atoms with Gasteiger partial charge in [0.1, 0.15) is 0 Å². The van der Waals surface area contributed by atoms with Crippen LogP contribution in [0.4, 0.5) is 0 Å². The van der Waals surface area contributed by atoms with Gasteiger partial charge in [-0.15, -0.1) is 0 Å². The van der Waals surface area contributed by atoms with Crippen molar-refractivity contribution in [2.24, 2.45) is 11.3 Å². The second-order valence-electron chi connectivity index (χ2n) is 9.03. The Balaban J connectivity index is 1.94. The van der Waals surface area contributed by atoms with E-state index in [9.17, 15) is 0 Å². The molecule has 0 aromatic rings. The molecule has 0 radical (unpaired) electrons. The molecule has 118 valence electrons.